The minimum atomic E-state index is -3.31. The molecule has 1 N–H and O–H groups in total. The van der Waals surface area contributed by atoms with Crippen molar-refractivity contribution in [1.82, 2.24) is 13.9 Å². The van der Waals surface area contributed by atoms with E-state index in [1.165, 1.54) is 30.0 Å². The second kappa shape index (κ2) is 5.55. The lowest BCUT2D eigenvalue weighted by Crippen LogP contribution is -2.45. The maximum absolute atomic E-state index is 12.3. The van der Waals surface area contributed by atoms with Gasteiger partial charge in [0.05, 0.1) is 0 Å². The summed E-state index contributed by atoms with van der Waals surface area (Å²) in [6, 6.07) is 0.924. The highest BCUT2D eigenvalue weighted by Gasteiger charge is 2.37. The van der Waals surface area contributed by atoms with E-state index in [2.05, 4.69) is 9.62 Å². The molecule has 2 saturated carbocycles. The second-order valence-corrected chi connectivity index (χ2v) is 8.64. The lowest BCUT2D eigenvalue weighted by Gasteiger charge is -2.25. The number of nitrogens with zero attached hydrogens (tertiary/aromatic N) is 2. The van der Waals surface area contributed by atoms with Crippen molar-refractivity contribution in [2.75, 3.05) is 26.7 Å². The van der Waals surface area contributed by atoms with Crippen LogP contribution in [-0.2, 0) is 10.2 Å². The summed E-state index contributed by atoms with van der Waals surface area (Å²) in [6.07, 6.45) is 6.13. The van der Waals surface area contributed by atoms with Crippen LogP contribution < -0.4 is 4.72 Å². The average Bonchev–Trinajstić information content (AvgIpc) is 3.33. The van der Waals surface area contributed by atoms with E-state index in [-0.39, 0.29) is 6.04 Å². The smallest absolute Gasteiger partial charge is 0.279 e. The lowest BCUT2D eigenvalue weighted by atomic mass is 10.1. The first kappa shape index (κ1) is 14.8. The molecule has 0 bridgehead atoms. The molecular weight excluding hydrogens is 274 g/mol. The van der Waals surface area contributed by atoms with Gasteiger partial charge >= 0.3 is 0 Å². The van der Waals surface area contributed by atoms with Crippen LogP contribution in [-0.4, -0.2) is 56.4 Å². The number of hydrogen-bond donors (Lipinski definition) is 1. The van der Waals surface area contributed by atoms with Crippen molar-refractivity contribution in [2.45, 2.75) is 51.1 Å². The van der Waals surface area contributed by atoms with Gasteiger partial charge in [-0.2, -0.15) is 12.7 Å². The molecule has 6 heteroatoms. The zero-order chi connectivity index (χ0) is 14.3. The van der Waals surface area contributed by atoms with Crippen molar-refractivity contribution >= 4 is 10.2 Å². The van der Waals surface area contributed by atoms with Gasteiger partial charge in [0.2, 0.25) is 0 Å². The molecule has 1 heterocycles. The lowest BCUT2D eigenvalue weighted by molar-refractivity contribution is 0.312. The normalized spacial score (nSPS) is 30.1. The van der Waals surface area contributed by atoms with E-state index in [0.717, 1.165) is 25.6 Å². The van der Waals surface area contributed by atoms with Crippen molar-refractivity contribution in [2.24, 2.45) is 11.8 Å². The standard InChI is InChI=1S/C14H27N3O2S/c1-11(13-3-4-13)16(2)20(18,19)15-9-12-7-8-17(10-12)14-5-6-14/h11-15H,3-10H2,1-2H3/t11-,12+/m0/s1. The van der Waals surface area contributed by atoms with Crippen LogP contribution in [0.5, 0.6) is 0 Å². The van der Waals surface area contributed by atoms with E-state index in [1.807, 2.05) is 6.92 Å². The monoisotopic (exact) mass is 301 g/mol. The van der Waals surface area contributed by atoms with Crippen LogP contribution in [0.1, 0.15) is 39.0 Å². The van der Waals surface area contributed by atoms with Gasteiger partial charge in [0, 0.05) is 32.2 Å². The summed E-state index contributed by atoms with van der Waals surface area (Å²) in [7, 11) is -1.60. The topological polar surface area (TPSA) is 52.7 Å². The Bertz CT molecular complexity index is 445. The van der Waals surface area contributed by atoms with E-state index in [9.17, 15) is 8.42 Å². The molecular formula is C14H27N3O2S. The molecule has 0 aromatic heterocycles. The summed E-state index contributed by atoms with van der Waals surface area (Å²) in [4.78, 5) is 2.52. The van der Waals surface area contributed by atoms with Crippen LogP contribution in [0.3, 0.4) is 0 Å². The molecule has 3 fully saturated rings. The van der Waals surface area contributed by atoms with E-state index < -0.39 is 10.2 Å². The molecule has 0 aromatic rings. The van der Waals surface area contributed by atoms with E-state index in [4.69, 9.17) is 0 Å². The van der Waals surface area contributed by atoms with Gasteiger partial charge in [0.1, 0.15) is 0 Å². The van der Waals surface area contributed by atoms with Crippen molar-refractivity contribution in [1.29, 1.82) is 0 Å². The van der Waals surface area contributed by atoms with Crippen molar-refractivity contribution in [3.8, 4) is 0 Å². The molecule has 3 aliphatic rings. The van der Waals surface area contributed by atoms with Crippen LogP contribution in [0.15, 0.2) is 0 Å². The molecule has 0 amide bonds. The number of nitrogens with one attached hydrogen (secondary N) is 1. The number of rotatable bonds is 7. The summed E-state index contributed by atoms with van der Waals surface area (Å²) in [5.41, 5.74) is 0. The molecule has 0 spiro atoms. The van der Waals surface area contributed by atoms with Gasteiger partial charge in [-0.3, -0.25) is 0 Å². The summed E-state index contributed by atoms with van der Waals surface area (Å²) >= 11 is 0. The fourth-order valence-corrected chi connectivity index (χ4v) is 4.48. The summed E-state index contributed by atoms with van der Waals surface area (Å²) < 4.78 is 28.9. The van der Waals surface area contributed by atoms with Gasteiger partial charge in [0.25, 0.3) is 10.2 Å². The van der Waals surface area contributed by atoms with Gasteiger partial charge in [0.15, 0.2) is 0 Å². The Morgan fingerprint density at radius 3 is 2.55 bits per heavy atom. The molecule has 0 aromatic carbocycles. The first-order valence-corrected chi connectivity index (χ1v) is 9.38. The number of hydrogen-bond acceptors (Lipinski definition) is 3. The van der Waals surface area contributed by atoms with Gasteiger partial charge in [-0.25, -0.2) is 4.72 Å². The van der Waals surface area contributed by atoms with E-state index in [1.54, 1.807) is 7.05 Å². The first-order chi connectivity index (χ1) is 9.47. The maximum atomic E-state index is 12.3. The van der Waals surface area contributed by atoms with Gasteiger partial charge < -0.3 is 4.90 Å². The maximum Gasteiger partial charge on any atom is 0.279 e. The molecule has 116 valence electrons. The Balaban J connectivity index is 1.46. The Kier molecular flexibility index (Phi) is 4.10. The highest BCUT2D eigenvalue weighted by Crippen LogP contribution is 2.35. The third kappa shape index (κ3) is 3.35. The third-order valence-electron chi connectivity index (χ3n) is 5.19. The summed E-state index contributed by atoms with van der Waals surface area (Å²) in [5.74, 6) is 1.04. The van der Waals surface area contributed by atoms with Crippen molar-refractivity contribution in [3.63, 3.8) is 0 Å². The molecule has 2 aliphatic carbocycles. The average molecular weight is 301 g/mol. The van der Waals surface area contributed by atoms with Gasteiger partial charge in [-0.1, -0.05) is 0 Å². The zero-order valence-corrected chi connectivity index (χ0v) is 13.4. The summed E-state index contributed by atoms with van der Waals surface area (Å²) in [5, 5.41) is 0. The summed E-state index contributed by atoms with van der Waals surface area (Å²) in [6.45, 7) is 4.81. The highest BCUT2D eigenvalue weighted by atomic mass is 32.2. The van der Waals surface area contributed by atoms with E-state index in [0.29, 0.717) is 18.4 Å². The Hall–Kier alpha value is -0.170. The molecule has 20 heavy (non-hydrogen) atoms. The highest BCUT2D eigenvalue weighted by molar-refractivity contribution is 7.87. The van der Waals surface area contributed by atoms with Crippen LogP contribution in [0.25, 0.3) is 0 Å². The minimum Gasteiger partial charge on any atom is -0.300 e. The third-order valence-corrected chi connectivity index (χ3v) is 6.81. The van der Waals surface area contributed by atoms with Gasteiger partial charge in [-0.05, 0) is 57.4 Å². The van der Waals surface area contributed by atoms with E-state index >= 15 is 0 Å². The quantitative estimate of drug-likeness (QED) is 0.764. The van der Waals surface area contributed by atoms with Crippen molar-refractivity contribution in [3.05, 3.63) is 0 Å². The first-order valence-electron chi connectivity index (χ1n) is 7.94. The largest absolute Gasteiger partial charge is 0.300 e. The van der Waals surface area contributed by atoms with Crippen LogP contribution in [0.2, 0.25) is 0 Å². The Labute approximate surface area is 122 Å². The van der Waals surface area contributed by atoms with Crippen LogP contribution >= 0.6 is 0 Å². The molecule has 2 atom stereocenters. The fraction of sp³-hybridized carbons (Fsp3) is 1.00. The predicted molar refractivity (Wildman–Crippen MR) is 79.6 cm³/mol. The molecule has 5 nitrogen and oxygen atoms in total. The molecule has 0 radical (unpaired) electrons. The molecule has 0 unspecified atom stereocenters. The number of likely N-dealkylation sites (tertiary alicyclic amines) is 1. The van der Waals surface area contributed by atoms with Crippen LogP contribution in [0.4, 0.5) is 0 Å². The van der Waals surface area contributed by atoms with Gasteiger partial charge in [-0.15, -0.1) is 0 Å². The van der Waals surface area contributed by atoms with Crippen LogP contribution in [0, 0.1) is 11.8 Å². The Morgan fingerprint density at radius 2 is 1.95 bits per heavy atom. The molecule has 1 aliphatic heterocycles. The Morgan fingerprint density at radius 1 is 1.25 bits per heavy atom. The van der Waals surface area contributed by atoms with Crippen molar-refractivity contribution < 1.29 is 8.42 Å². The predicted octanol–water partition coefficient (Wildman–Crippen LogP) is 1.04. The second-order valence-electron chi connectivity index (χ2n) is 6.83. The SMILES string of the molecule is C[C@@H](C1CC1)N(C)S(=O)(=O)NC[C@H]1CCN(C2CC2)C1. The zero-order valence-electron chi connectivity index (χ0n) is 12.6. The fourth-order valence-electron chi connectivity index (χ4n) is 3.22. The minimum absolute atomic E-state index is 0.124. The molecule has 3 rings (SSSR count). The molecule has 1 saturated heterocycles.